The standard InChI is InChI=1S/C11H20BrNO4S2/c12-8-9-2-1-3-11(9)13-19(16,17)10-4-6-18(14,15)7-5-10/h9-11,13H,1-8H2. The maximum Gasteiger partial charge on any atom is 0.214 e. The molecule has 1 saturated heterocycles. The molecule has 0 aromatic carbocycles. The fraction of sp³-hybridized carbons (Fsp3) is 1.00. The zero-order valence-corrected chi connectivity index (χ0v) is 13.9. The monoisotopic (exact) mass is 373 g/mol. The molecule has 8 heteroatoms. The smallest absolute Gasteiger partial charge is 0.214 e. The summed E-state index contributed by atoms with van der Waals surface area (Å²) in [6.45, 7) is 0. The maximum absolute atomic E-state index is 12.3. The Morgan fingerprint density at radius 3 is 2.32 bits per heavy atom. The molecule has 0 aromatic heterocycles. The molecule has 2 aliphatic rings. The first kappa shape index (κ1) is 15.7. The van der Waals surface area contributed by atoms with Gasteiger partial charge in [0.1, 0.15) is 9.84 Å². The van der Waals surface area contributed by atoms with Crippen molar-refractivity contribution in [2.45, 2.75) is 43.4 Å². The molecule has 1 N–H and O–H groups in total. The quantitative estimate of drug-likeness (QED) is 0.746. The Hall–Kier alpha value is 0.340. The van der Waals surface area contributed by atoms with Crippen molar-refractivity contribution < 1.29 is 16.8 Å². The summed E-state index contributed by atoms with van der Waals surface area (Å²) in [4.78, 5) is 0. The van der Waals surface area contributed by atoms with Crippen LogP contribution in [-0.2, 0) is 19.9 Å². The molecular formula is C11H20BrNO4S2. The lowest BCUT2D eigenvalue weighted by atomic mass is 10.1. The van der Waals surface area contributed by atoms with Crippen LogP contribution in [0.1, 0.15) is 32.1 Å². The van der Waals surface area contributed by atoms with E-state index in [2.05, 4.69) is 20.7 Å². The van der Waals surface area contributed by atoms with Gasteiger partial charge in [0.25, 0.3) is 0 Å². The summed E-state index contributed by atoms with van der Waals surface area (Å²) in [6, 6.07) is 0.00269. The van der Waals surface area contributed by atoms with Gasteiger partial charge in [-0.15, -0.1) is 0 Å². The van der Waals surface area contributed by atoms with Crippen LogP contribution in [0.25, 0.3) is 0 Å². The van der Waals surface area contributed by atoms with Gasteiger partial charge in [-0.3, -0.25) is 0 Å². The van der Waals surface area contributed by atoms with E-state index in [0.717, 1.165) is 24.6 Å². The summed E-state index contributed by atoms with van der Waals surface area (Å²) in [6.07, 6.45) is 3.41. The predicted octanol–water partition coefficient (Wildman–Crippen LogP) is 1.05. The Balaban J connectivity index is 1.99. The van der Waals surface area contributed by atoms with Crippen molar-refractivity contribution in [2.75, 3.05) is 16.8 Å². The van der Waals surface area contributed by atoms with Gasteiger partial charge in [-0.2, -0.15) is 0 Å². The number of hydrogen-bond acceptors (Lipinski definition) is 4. The molecule has 1 heterocycles. The van der Waals surface area contributed by atoms with Crippen LogP contribution in [0.4, 0.5) is 0 Å². The molecule has 2 fully saturated rings. The van der Waals surface area contributed by atoms with Gasteiger partial charge in [-0.25, -0.2) is 21.6 Å². The second kappa shape index (κ2) is 5.99. The number of hydrogen-bond donors (Lipinski definition) is 1. The van der Waals surface area contributed by atoms with Crippen molar-refractivity contribution in [1.82, 2.24) is 4.72 Å². The molecule has 19 heavy (non-hydrogen) atoms. The molecule has 2 unspecified atom stereocenters. The van der Waals surface area contributed by atoms with Gasteiger partial charge < -0.3 is 0 Å². The Labute approximate surface area is 123 Å². The minimum absolute atomic E-state index is 0.00269. The van der Waals surface area contributed by atoms with Gasteiger partial charge in [0.15, 0.2) is 0 Å². The number of halogens is 1. The lowest BCUT2D eigenvalue weighted by Gasteiger charge is -2.26. The van der Waals surface area contributed by atoms with E-state index in [9.17, 15) is 16.8 Å². The van der Waals surface area contributed by atoms with Crippen molar-refractivity contribution >= 4 is 35.8 Å². The van der Waals surface area contributed by atoms with Gasteiger partial charge in [0, 0.05) is 11.4 Å². The van der Waals surface area contributed by atoms with E-state index in [1.54, 1.807) is 0 Å². The number of rotatable bonds is 4. The zero-order valence-electron chi connectivity index (χ0n) is 10.7. The third-order valence-electron chi connectivity index (χ3n) is 4.11. The van der Waals surface area contributed by atoms with Crippen molar-refractivity contribution in [3.8, 4) is 0 Å². The molecule has 1 saturated carbocycles. The summed E-state index contributed by atoms with van der Waals surface area (Å²) < 4.78 is 50.1. The van der Waals surface area contributed by atoms with Gasteiger partial charge in [0.05, 0.1) is 16.8 Å². The minimum Gasteiger partial charge on any atom is -0.229 e. The van der Waals surface area contributed by atoms with Crippen molar-refractivity contribution in [2.24, 2.45) is 5.92 Å². The first-order valence-corrected chi connectivity index (χ1v) is 11.1. The number of alkyl halides is 1. The van der Waals surface area contributed by atoms with E-state index in [1.807, 2.05) is 0 Å². The first-order valence-electron chi connectivity index (χ1n) is 6.61. The highest BCUT2D eigenvalue weighted by molar-refractivity contribution is 9.09. The third-order valence-corrected chi connectivity index (χ3v) is 8.64. The second-order valence-electron chi connectivity index (χ2n) is 5.47. The van der Waals surface area contributed by atoms with Gasteiger partial charge in [-0.05, 0) is 31.6 Å². The SMILES string of the molecule is O=S1(=O)CCC(S(=O)(=O)NC2CCCC2CBr)CC1. The third kappa shape index (κ3) is 3.92. The molecule has 0 radical (unpaired) electrons. The Morgan fingerprint density at radius 2 is 1.74 bits per heavy atom. The summed E-state index contributed by atoms with van der Waals surface area (Å²) in [5.74, 6) is 0.332. The van der Waals surface area contributed by atoms with E-state index in [4.69, 9.17) is 0 Å². The van der Waals surface area contributed by atoms with Crippen LogP contribution in [-0.4, -0.2) is 45.0 Å². The van der Waals surface area contributed by atoms with Crippen molar-refractivity contribution in [1.29, 1.82) is 0 Å². The Kier molecular flexibility index (Phi) is 4.96. The minimum atomic E-state index is -3.40. The molecule has 112 valence electrons. The summed E-state index contributed by atoms with van der Waals surface area (Å²) in [7, 11) is -6.41. The molecule has 1 aliphatic carbocycles. The topological polar surface area (TPSA) is 80.3 Å². The van der Waals surface area contributed by atoms with E-state index in [1.165, 1.54) is 0 Å². The Bertz CT molecular complexity index is 503. The fourth-order valence-corrected chi connectivity index (χ4v) is 7.21. The maximum atomic E-state index is 12.3. The largest absolute Gasteiger partial charge is 0.229 e. The molecule has 0 aromatic rings. The molecule has 2 rings (SSSR count). The number of sulfone groups is 1. The average Bonchev–Trinajstić information content (AvgIpc) is 2.75. The lowest BCUT2D eigenvalue weighted by molar-refractivity contribution is 0.474. The highest BCUT2D eigenvalue weighted by atomic mass is 79.9. The predicted molar refractivity (Wildman–Crippen MR) is 78.7 cm³/mol. The molecule has 1 aliphatic heterocycles. The van der Waals surface area contributed by atoms with Crippen molar-refractivity contribution in [3.05, 3.63) is 0 Å². The lowest BCUT2D eigenvalue weighted by Crippen LogP contribution is -2.45. The van der Waals surface area contributed by atoms with Crippen LogP contribution in [0.15, 0.2) is 0 Å². The summed E-state index contributed by atoms with van der Waals surface area (Å²) in [5.41, 5.74) is 0. The van der Waals surface area contributed by atoms with Crippen molar-refractivity contribution in [3.63, 3.8) is 0 Å². The van der Waals surface area contributed by atoms with E-state index in [0.29, 0.717) is 5.92 Å². The van der Waals surface area contributed by atoms with Crippen LogP contribution in [0.2, 0.25) is 0 Å². The van der Waals surface area contributed by atoms with Crippen LogP contribution in [0.5, 0.6) is 0 Å². The van der Waals surface area contributed by atoms with Crippen LogP contribution in [0, 0.1) is 5.92 Å². The highest BCUT2D eigenvalue weighted by Crippen LogP contribution is 2.29. The summed E-state index contributed by atoms with van der Waals surface area (Å²) in [5, 5.41) is 0.256. The van der Waals surface area contributed by atoms with Crippen LogP contribution in [0.3, 0.4) is 0 Å². The van der Waals surface area contributed by atoms with Gasteiger partial charge >= 0.3 is 0 Å². The molecular weight excluding hydrogens is 354 g/mol. The number of sulfonamides is 1. The average molecular weight is 374 g/mol. The molecule has 2 atom stereocenters. The van der Waals surface area contributed by atoms with E-state index >= 15 is 0 Å². The number of nitrogens with one attached hydrogen (secondary N) is 1. The first-order chi connectivity index (χ1) is 8.84. The molecule has 0 bridgehead atoms. The normalized spacial score (nSPS) is 32.5. The van der Waals surface area contributed by atoms with Gasteiger partial charge in [0.2, 0.25) is 10.0 Å². The fourth-order valence-electron chi connectivity index (χ4n) is 2.86. The highest BCUT2D eigenvalue weighted by Gasteiger charge is 2.36. The van der Waals surface area contributed by atoms with Crippen LogP contribution >= 0.6 is 15.9 Å². The molecule has 5 nitrogen and oxygen atoms in total. The second-order valence-corrected chi connectivity index (χ2v) is 10.4. The zero-order chi connectivity index (χ0) is 14.1. The van der Waals surface area contributed by atoms with Gasteiger partial charge in [-0.1, -0.05) is 22.4 Å². The van der Waals surface area contributed by atoms with Crippen LogP contribution < -0.4 is 4.72 Å². The summed E-state index contributed by atoms with van der Waals surface area (Å²) >= 11 is 3.42. The van der Waals surface area contributed by atoms with E-state index in [-0.39, 0.29) is 30.4 Å². The molecule has 0 spiro atoms. The molecule has 0 amide bonds. The Morgan fingerprint density at radius 1 is 1.11 bits per heavy atom. The van der Waals surface area contributed by atoms with E-state index < -0.39 is 25.1 Å².